The molecule has 2 aromatic carbocycles. The van der Waals surface area contributed by atoms with Crippen molar-refractivity contribution >= 4 is 34.7 Å². The summed E-state index contributed by atoms with van der Waals surface area (Å²) in [7, 11) is 0. The van der Waals surface area contributed by atoms with Crippen LogP contribution in [0.15, 0.2) is 52.1 Å². The van der Waals surface area contributed by atoms with Gasteiger partial charge in [0.15, 0.2) is 0 Å². The highest BCUT2D eigenvalue weighted by molar-refractivity contribution is 7.99. The smallest absolute Gasteiger partial charge is 0.277 e. The molecule has 0 radical (unpaired) electrons. The van der Waals surface area contributed by atoms with Crippen LogP contribution in [0.4, 0.5) is 17.1 Å². The van der Waals surface area contributed by atoms with Crippen LogP contribution in [0, 0.1) is 27.2 Å². The monoisotopic (exact) mass is 415 g/mol. The van der Waals surface area contributed by atoms with E-state index in [1.807, 2.05) is 0 Å². The molecule has 1 aromatic heterocycles. The summed E-state index contributed by atoms with van der Waals surface area (Å²) in [5, 5.41) is 32.1. The number of carbonyl (C=O) groups is 1. The van der Waals surface area contributed by atoms with E-state index in [0.717, 1.165) is 11.8 Å². The Hall–Kier alpha value is -3.80. The number of nitrogens with one attached hydrogen (secondary N) is 1. The fraction of sp³-hybridized carbons (Fsp3) is 0.118. The van der Waals surface area contributed by atoms with Crippen molar-refractivity contribution in [3.63, 3.8) is 0 Å². The van der Waals surface area contributed by atoms with Gasteiger partial charge >= 0.3 is 0 Å². The Labute approximate surface area is 167 Å². The summed E-state index contributed by atoms with van der Waals surface area (Å²) in [5.41, 5.74) is 0.975. The molecule has 0 saturated heterocycles. The molecule has 0 aliphatic rings. The number of amides is 1. The van der Waals surface area contributed by atoms with Gasteiger partial charge in [-0.05, 0) is 19.1 Å². The van der Waals surface area contributed by atoms with Crippen LogP contribution in [0.1, 0.15) is 5.56 Å². The van der Waals surface area contributed by atoms with Crippen molar-refractivity contribution in [2.45, 2.75) is 12.1 Å². The maximum atomic E-state index is 12.1. The molecule has 148 valence electrons. The quantitative estimate of drug-likeness (QED) is 0.346. The molecule has 0 aliphatic carbocycles. The predicted molar refractivity (Wildman–Crippen MR) is 104 cm³/mol. The molecular weight excluding hydrogens is 402 g/mol. The lowest BCUT2D eigenvalue weighted by molar-refractivity contribution is -0.385. The molecule has 11 nitrogen and oxygen atoms in total. The van der Waals surface area contributed by atoms with Crippen LogP contribution < -0.4 is 5.32 Å². The highest BCUT2D eigenvalue weighted by Gasteiger charge is 2.15. The number of aromatic nitrogens is 2. The molecule has 0 unspecified atom stereocenters. The number of non-ortho nitro benzene ring substituents is 1. The fourth-order valence-electron chi connectivity index (χ4n) is 2.35. The molecule has 1 heterocycles. The number of aryl methyl sites for hydroxylation is 1. The minimum absolute atomic E-state index is 0.0712. The first-order chi connectivity index (χ1) is 13.8. The van der Waals surface area contributed by atoms with Gasteiger partial charge in [-0.1, -0.05) is 23.9 Å². The van der Waals surface area contributed by atoms with Crippen molar-refractivity contribution in [1.29, 1.82) is 0 Å². The van der Waals surface area contributed by atoms with E-state index in [1.165, 1.54) is 24.3 Å². The van der Waals surface area contributed by atoms with E-state index < -0.39 is 15.8 Å². The van der Waals surface area contributed by atoms with Crippen molar-refractivity contribution in [2.75, 3.05) is 11.1 Å². The lowest BCUT2D eigenvalue weighted by Crippen LogP contribution is -2.14. The largest absolute Gasteiger partial charge is 0.411 e. The summed E-state index contributed by atoms with van der Waals surface area (Å²) in [6.07, 6.45) is 0. The lowest BCUT2D eigenvalue weighted by Gasteiger charge is -2.05. The Morgan fingerprint density at radius 2 is 1.93 bits per heavy atom. The summed E-state index contributed by atoms with van der Waals surface area (Å²) in [4.78, 5) is 32.8. The second-order valence-electron chi connectivity index (χ2n) is 5.78. The van der Waals surface area contributed by atoms with Crippen LogP contribution in [-0.2, 0) is 4.79 Å². The van der Waals surface area contributed by atoms with Crippen molar-refractivity contribution in [3.8, 4) is 11.5 Å². The maximum Gasteiger partial charge on any atom is 0.277 e. The van der Waals surface area contributed by atoms with Crippen LogP contribution in [-0.4, -0.2) is 31.7 Å². The summed E-state index contributed by atoms with van der Waals surface area (Å²) < 4.78 is 5.42. The van der Waals surface area contributed by atoms with Gasteiger partial charge in [0.05, 0.1) is 15.6 Å². The molecule has 0 fully saturated rings. The molecule has 0 atom stereocenters. The van der Waals surface area contributed by atoms with E-state index in [2.05, 4.69) is 15.5 Å². The second kappa shape index (κ2) is 8.48. The van der Waals surface area contributed by atoms with E-state index in [4.69, 9.17) is 4.42 Å². The minimum Gasteiger partial charge on any atom is -0.411 e. The van der Waals surface area contributed by atoms with E-state index >= 15 is 0 Å². The summed E-state index contributed by atoms with van der Waals surface area (Å²) in [6, 6.07) is 10.1. The minimum atomic E-state index is -0.532. The summed E-state index contributed by atoms with van der Waals surface area (Å²) in [5.74, 6) is -0.396. The van der Waals surface area contributed by atoms with E-state index in [0.29, 0.717) is 16.8 Å². The first-order valence-electron chi connectivity index (χ1n) is 8.09. The van der Waals surface area contributed by atoms with Crippen LogP contribution in [0.3, 0.4) is 0 Å². The van der Waals surface area contributed by atoms with Gasteiger partial charge < -0.3 is 9.73 Å². The summed E-state index contributed by atoms with van der Waals surface area (Å²) >= 11 is 0.967. The predicted octanol–water partition coefficient (Wildman–Crippen LogP) is 3.59. The third kappa shape index (κ3) is 4.93. The number of anilines is 1. The third-order valence-corrected chi connectivity index (χ3v) is 4.55. The lowest BCUT2D eigenvalue weighted by atomic mass is 10.2. The van der Waals surface area contributed by atoms with Gasteiger partial charge in [0.2, 0.25) is 11.8 Å². The zero-order chi connectivity index (χ0) is 21.0. The van der Waals surface area contributed by atoms with Crippen LogP contribution in [0.5, 0.6) is 0 Å². The Kier molecular flexibility index (Phi) is 5.83. The average molecular weight is 415 g/mol. The fourth-order valence-corrected chi connectivity index (χ4v) is 2.91. The van der Waals surface area contributed by atoms with Gasteiger partial charge in [-0.15, -0.1) is 10.2 Å². The molecular formula is C17H13N5O6S. The van der Waals surface area contributed by atoms with Crippen molar-refractivity contribution in [1.82, 2.24) is 10.2 Å². The van der Waals surface area contributed by atoms with E-state index in [-0.39, 0.29) is 28.2 Å². The molecule has 3 rings (SSSR count). The number of nitro groups is 2. The number of nitrogens with zero attached hydrogens (tertiary/aromatic N) is 4. The highest BCUT2D eigenvalue weighted by atomic mass is 32.2. The van der Waals surface area contributed by atoms with Crippen molar-refractivity contribution in [2.24, 2.45) is 0 Å². The number of thioether (sulfide) groups is 1. The molecule has 12 heteroatoms. The molecule has 1 N–H and O–H groups in total. The normalized spacial score (nSPS) is 10.5. The molecule has 0 spiro atoms. The molecule has 1 amide bonds. The second-order valence-corrected chi connectivity index (χ2v) is 6.70. The van der Waals surface area contributed by atoms with Crippen LogP contribution in [0.25, 0.3) is 11.5 Å². The number of nitro benzene ring substituents is 2. The first kappa shape index (κ1) is 19.9. The number of benzene rings is 2. The zero-order valence-corrected chi connectivity index (χ0v) is 15.7. The number of hydrogen-bond donors (Lipinski definition) is 1. The molecule has 0 saturated carbocycles. The van der Waals surface area contributed by atoms with Gasteiger partial charge in [0.1, 0.15) is 0 Å². The standard InChI is InChI=1S/C17H13N5O6S/c1-10-5-6-12(8-14(10)22(26)27)18-15(23)9-29-17-20-19-16(28-17)11-3-2-4-13(7-11)21(24)25/h2-8H,9H2,1H3,(H,18,23). The number of rotatable bonds is 7. The van der Waals surface area contributed by atoms with Gasteiger partial charge in [0, 0.05) is 35.0 Å². The highest BCUT2D eigenvalue weighted by Crippen LogP contribution is 2.26. The Morgan fingerprint density at radius 1 is 1.14 bits per heavy atom. The van der Waals surface area contributed by atoms with Gasteiger partial charge in [-0.2, -0.15) is 0 Å². The van der Waals surface area contributed by atoms with Gasteiger partial charge in [0.25, 0.3) is 16.6 Å². The summed E-state index contributed by atoms with van der Waals surface area (Å²) in [6.45, 7) is 1.61. The van der Waals surface area contributed by atoms with E-state index in [9.17, 15) is 25.0 Å². The molecule has 0 aliphatic heterocycles. The SMILES string of the molecule is Cc1ccc(NC(=O)CSc2nnc(-c3cccc([N+](=O)[O-])c3)o2)cc1[N+](=O)[O-]. The van der Waals surface area contributed by atoms with Crippen LogP contribution in [0.2, 0.25) is 0 Å². The Morgan fingerprint density at radius 3 is 2.66 bits per heavy atom. The Bertz CT molecular complexity index is 1100. The molecule has 0 bridgehead atoms. The maximum absolute atomic E-state index is 12.1. The third-order valence-electron chi connectivity index (χ3n) is 3.73. The number of carbonyl (C=O) groups excluding carboxylic acids is 1. The molecule has 29 heavy (non-hydrogen) atoms. The van der Waals surface area contributed by atoms with E-state index in [1.54, 1.807) is 25.1 Å². The van der Waals surface area contributed by atoms with Crippen molar-refractivity contribution < 1.29 is 19.1 Å². The first-order valence-corrected chi connectivity index (χ1v) is 9.08. The Balaban J connectivity index is 1.62. The van der Waals surface area contributed by atoms with Crippen LogP contribution >= 0.6 is 11.8 Å². The van der Waals surface area contributed by atoms with Gasteiger partial charge in [-0.3, -0.25) is 25.0 Å². The molecule has 3 aromatic rings. The average Bonchev–Trinajstić information content (AvgIpc) is 3.17. The number of hydrogen-bond acceptors (Lipinski definition) is 9. The zero-order valence-electron chi connectivity index (χ0n) is 14.9. The van der Waals surface area contributed by atoms with Crippen molar-refractivity contribution in [3.05, 3.63) is 68.3 Å². The topological polar surface area (TPSA) is 154 Å². The van der Waals surface area contributed by atoms with Gasteiger partial charge in [-0.25, -0.2) is 0 Å².